The zero-order valence-electron chi connectivity index (χ0n) is 9.49. The number of aliphatic hydroxyl groups excluding tert-OH is 1. The summed E-state index contributed by atoms with van der Waals surface area (Å²) in [5, 5.41) is 8.04. The van der Waals surface area contributed by atoms with Gasteiger partial charge < -0.3 is 9.84 Å². The third-order valence-electron chi connectivity index (χ3n) is 1.82. The average molecular weight is 210 g/mol. The van der Waals surface area contributed by atoms with Gasteiger partial charge >= 0.3 is 5.97 Å². The normalized spacial score (nSPS) is 8.80. The molecule has 0 spiro atoms. The second-order valence-corrected chi connectivity index (χ2v) is 3.15. The maximum absolute atomic E-state index is 9.87. The number of hydrogen-bond acceptors (Lipinski definition) is 3. The second kappa shape index (κ2) is 8.00. The molecule has 15 heavy (non-hydrogen) atoms. The zero-order valence-corrected chi connectivity index (χ0v) is 9.49. The molecule has 0 saturated heterocycles. The molecule has 0 atom stereocenters. The molecule has 0 fully saturated rings. The van der Waals surface area contributed by atoms with Crippen LogP contribution < -0.4 is 0 Å². The Labute approximate surface area is 90.7 Å². The number of carbonyl (C=O) groups excluding carboxylic acids is 1. The van der Waals surface area contributed by atoms with Gasteiger partial charge in [-0.25, -0.2) is 0 Å². The molecule has 0 heterocycles. The van der Waals surface area contributed by atoms with E-state index >= 15 is 0 Å². The fraction of sp³-hybridized carbons (Fsp3) is 0.417. The van der Waals surface area contributed by atoms with Crippen molar-refractivity contribution in [2.75, 3.05) is 13.2 Å². The number of ether oxygens (including phenoxy) is 1. The molecular weight excluding hydrogens is 192 g/mol. The van der Waals surface area contributed by atoms with Crippen LogP contribution in [-0.2, 0) is 9.53 Å². The molecule has 84 valence electrons. The van der Waals surface area contributed by atoms with Gasteiger partial charge in [0.15, 0.2) is 0 Å². The highest BCUT2D eigenvalue weighted by molar-refractivity contribution is 5.65. The molecular formula is C12H18O3. The highest BCUT2D eigenvalue weighted by Gasteiger charge is 1.86. The van der Waals surface area contributed by atoms with E-state index in [-0.39, 0.29) is 19.2 Å². The lowest BCUT2D eigenvalue weighted by Crippen LogP contribution is -2.03. The standard InChI is InChI=1S/C8H10.C4H8O3/c1-7-5-3-4-6-8(7)2;1-4(6)7-3-2-5/h3-6H,1-2H3;5H,2-3H2,1H3. The Kier molecular flexibility index (Phi) is 7.28. The SMILES string of the molecule is CC(=O)OCCO.Cc1ccccc1C. The molecule has 3 nitrogen and oxygen atoms in total. The molecule has 0 aromatic heterocycles. The van der Waals surface area contributed by atoms with Crippen molar-refractivity contribution in [3.8, 4) is 0 Å². The minimum Gasteiger partial charge on any atom is -0.463 e. The van der Waals surface area contributed by atoms with Crippen LogP contribution in [0, 0.1) is 13.8 Å². The van der Waals surface area contributed by atoms with Crippen LogP contribution in [0.25, 0.3) is 0 Å². The van der Waals surface area contributed by atoms with Crippen LogP contribution in [0.5, 0.6) is 0 Å². The lowest BCUT2D eigenvalue weighted by atomic mass is 10.1. The summed E-state index contributed by atoms with van der Waals surface area (Å²) in [6.45, 7) is 5.55. The van der Waals surface area contributed by atoms with Crippen LogP contribution in [0.2, 0.25) is 0 Å². The van der Waals surface area contributed by atoms with Gasteiger partial charge in [0.05, 0.1) is 6.61 Å². The third kappa shape index (κ3) is 7.70. The second-order valence-electron chi connectivity index (χ2n) is 3.15. The van der Waals surface area contributed by atoms with Crippen molar-refractivity contribution < 1.29 is 14.6 Å². The van der Waals surface area contributed by atoms with E-state index in [2.05, 4.69) is 42.8 Å². The minimum absolute atomic E-state index is 0.0976. The predicted octanol–water partition coefficient (Wildman–Crippen LogP) is 1.85. The minimum atomic E-state index is -0.353. The van der Waals surface area contributed by atoms with E-state index in [1.807, 2.05) is 0 Å². The molecule has 0 aliphatic rings. The van der Waals surface area contributed by atoms with Crippen molar-refractivity contribution in [3.63, 3.8) is 0 Å². The maximum atomic E-state index is 9.87. The smallest absolute Gasteiger partial charge is 0.302 e. The first-order valence-electron chi connectivity index (χ1n) is 4.84. The fourth-order valence-corrected chi connectivity index (χ4v) is 0.852. The van der Waals surface area contributed by atoms with Gasteiger partial charge in [-0.15, -0.1) is 0 Å². The number of hydrogen-bond donors (Lipinski definition) is 1. The summed E-state index contributed by atoms with van der Waals surface area (Å²) in [4.78, 5) is 9.87. The third-order valence-corrected chi connectivity index (χ3v) is 1.82. The van der Waals surface area contributed by atoms with Gasteiger partial charge in [-0.3, -0.25) is 4.79 Å². The molecule has 0 unspecified atom stereocenters. The van der Waals surface area contributed by atoms with Crippen LogP contribution >= 0.6 is 0 Å². The van der Waals surface area contributed by atoms with Gasteiger partial charge in [-0.2, -0.15) is 0 Å². The van der Waals surface area contributed by atoms with Crippen molar-refractivity contribution in [3.05, 3.63) is 35.4 Å². The first kappa shape index (κ1) is 13.7. The Hall–Kier alpha value is -1.35. The van der Waals surface area contributed by atoms with Gasteiger partial charge in [-0.05, 0) is 25.0 Å². The van der Waals surface area contributed by atoms with Crippen molar-refractivity contribution in [2.45, 2.75) is 20.8 Å². The van der Waals surface area contributed by atoms with E-state index in [1.165, 1.54) is 18.1 Å². The van der Waals surface area contributed by atoms with E-state index in [1.54, 1.807) is 0 Å². The van der Waals surface area contributed by atoms with Crippen LogP contribution in [0.15, 0.2) is 24.3 Å². The van der Waals surface area contributed by atoms with Crippen molar-refractivity contribution in [2.24, 2.45) is 0 Å². The number of rotatable bonds is 2. The Balaban J connectivity index is 0.000000265. The molecule has 1 aromatic carbocycles. The van der Waals surface area contributed by atoms with Crippen LogP contribution in [-0.4, -0.2) is 24.3 Å². The van der Waals surface area contributed by atoms with E-state index in [9.17, 15) is 4.79 Å². The molecule has 3 heteroatoms. The summed E-state index contributed by atoms with van der Waals surface area (Å²) in [6.07, 6.45) is 0. The molecule has 1 rings (SSSR count). The number of aliphatic hydroxyl groups is 1. The molecule has 0 amide bonds. The van der Waals surface area contributed by atoms with E-state index < -0.39 is 0 Å². The topological polar surface area (TPSA) is 46.5 Å². The Morgan fingerprint density at radius 2 is 1.73 bits per heavy atom. The van der Waals surface area contributed by atoms with Crippen LogP contribution in [0.4, 0.5) is 0 Å². The van der Waals surface area contributed by atoms with Gasteiger partial charge in [0, 0.05) is 6.92 Å². The van der Waals surface area contributed by atoms with E-state index in [0.29, 0.717) is 0 Å². The average Bonchev–Trinajstić information content (AvgIpc) is 2.20. The maximum Gasteiger partial charge on any atom is 0.302 e. The predicted molar refractivity (Wildman–Crippen MR) is 59.6 cm³/mol. The first-order chi connectivity index (χ1) is 7.07. The Morgan fingerprint density at radius 3 is 1.93 bits per heavy atom. The van der Waals surface area contributed by atoms with Gasteiger partial charge in [0.25, 0.3) is 0 Å². The van der Waals surface area contributed by atoms with Crippen molar-refractivity contribution in [1.29, 1.82) is 0 Å². The van der Waals surface area contributed by atoms with Crippen LogP contribution in [0.3, 0.4) is 0 Å². The lowest BCUT2D eigenvalue weighted by Gasteiger charge is -1.93. The zero-order chi connectivity index (χ0) is 11.7. The largest absolute Gasteiger partial charge is 0.463 e. The van der Waals surface area contributed by atoms with Crippen molar-refractivity contribution in [1.82, 2.24) is 0 Å². The summed E-state index contributed by atoms with van der Waals surface area (Å²) in [7, 11) is 0. The number of benzene rings is 1. The molecule has 0 aliphatic carbocycles. The first-order valence-corrected chi connectivity index (χ1v) is 4.84. The van der Waals surface area contributed by atoms with Gasteiger partial charge in [0.1, 0.15) is 6.61 Å². The summed E-state index contributed by atoms with van der Waals surface area (Å²) in [5.74, 6) is -0.353. The lowest BCUT2D eigenvalue weighted by molar-refractivity contribution is -0.141. The van der Waals surface area contributed by atoms with E-state index in [4.69, 9.17) is 5.11 Å². The molecule has 0 bridgehead atoms. The summed E-state index contributed by atoms with van der Waals surface area (Å²) >= 11 is 0. The number of esters is 1. The Bertz CT molecular complexity index is 274. The highest BCUT2D eigenvalue weighted by atomic mass is 16.5. The molecule has 0 saturated carbocycles. The molecule has 1 aromatic rings. The van der Waals surface area contributed by atoms with E-state index in [0.717, 1.165) is 0 Å². The molecule has 1 N–H and O–H groups in total. The highest BCUT2D eigenvalue weighted by Crippen LogP contribution is 2.02. The quantitative estimate of drug-likeness (QED) is 0.758. The van der Waals surface area contributed by atoms with Crippen LogP contribution in [0.1, 0.15) is 18.1 Å². The van der Waals surface area contributed by atoms with Crippen molar-refractivity contribution >= 4 is 5.97 Å². The molecule has 0 radical (unpaired) electrons. The number of aryl methyl sites for hydroxylation is 2. The summed E-state index contributed by atoms with van der Waals surface area (Å²) < 4.78 is 4.30. The van der Waals surface area contributed by atoms with Gasteiger partial charge in [0.2, 0.25) is 0 Å². The summed E-state index contributed by atoms with van der Waals surface area (Å²) in [6, 6.07) is 8.36. The monoisotopic (exact) mass is 210 g/mol. The Morgan fingerprint density at radius 1 is 1.27 bits per heavy atom. The fourth-order valence-electron chi connectivity index (χ4n) is 0.852. The number of carbonyl (C=O) groups is 1. The van der Waals surface area contributed by atoms with Gasteiger partial charge in [-0.1, -0.05) is 24.3 Å². The summed E-state index contributed by atoms with van der Waals surface area (Å²) in [5.41, 5.74) is 2.74. The molecule has 0 aliphatic heterocycles.